The summed E-state index contributed by atoms with van der Waals surface area (Å²) in [4.78, 5) is 12.2. The van der Waals surface area contributed by atoms with Crippen molar-refractivity contribution in [1.82, 2.24) is 4.90 Å². The maximum absolute atomic E-state index is 11.9. The fourth-order valence-electron chi connectivity index (χ4n) is 1.02. The van der Waals surface area contributed by atoms with Gasteiger partial charge in [-0.3, -0.25) is 4.79 Å². The highest BCUT2D eigenvalue weighted by molar-refractivity contribution is 5.93. The maximum Gasteiger partial charge on any atom is 0.298 e. The summed E-state index contributed by atoms with van der Waals surface area (Å²) >= 11 is 0. The average Bonchev–Trinajstić information content (AvgIpc) is 1.82. The molecule has 1 fully saturated rings. The molecule has 1 heterocycles. The highest BCUT2D eigenvalue weighted by atomic mass is 19.3. The van der Waals surface area contributed by atoms with E-state index in [-0.39, 0.29) is 19.0 Å². The Hall–Kier alpha value is -1.11. The smallest absolute Gasteiger partial charge is 0.298 e. The van der Waals surface area contributed by atoms with Crippen LogP contribution in [-0.4, -0.2) is 30.3 Å². The predicted octanol–water partition coefficient (Wildman–Crippen LogP) is 0.733. The predicted molar refractivity (Wildman–Crippen MR) is 39.5 cm³/mol. The zero-order valence-corrected chi connectivity index (χ0v) is 6.68. The van der Waals surface area contributed by atoms with Crippen molar-refractivity contribution in [1.29, 1.82) is 0 Å². The fourth-order valence-corrected chi connectivity index (χ4v) is 1.02. The van der Waals surface area contributed by atoms with Gasteiger partial charge in [-0.1, -0.05) is 5.92 Å². The molecule has 0 bridgehead atoms. The van der Waals surface area contributed by atoms with E-state index in [1.807, 2.05) is 0 Å². The third kappa shape index (κ3) is 1.73. The molecule has 1 amide bonds. The Bertz CT molecular complexity index is 235. The Morgan fingerprint density at radius 2 is 2.17 bits per heavy atom. The first-order valence-corrected chi connectivity index (χ1v) is 3.65. The van der Waals surface area contributed by atoms with Gasteiger partial charge in [0.15, 0.2) is 0 Å². The molecule has 0 atom stereocenters. The minimum atomic E-state index is -2.32. The number of rotatable bonds is 1. The number of likely N-dealkylation sites (tertiary alicyclic amines) is 1. The van der Waals surface area contributed by atoms with Crippen LogP contribution in [0.5, 0.6) is 0 Å². The van der Waals surface area contributed by atoms with Gasteiger partial charge in [0.2, 0.25) is 6.43 Å². The van der Waals surface area contributed by atoms with Crippen molar-refractivity contribution >= 4 is 5.91 Å². The van der Waals surface area contributed by atoms with Gasteiger partial charge in [0.25, 0.3) is 5.91 Å². The molecule has 0 aromatic heterocycles. The molecule has 66 valence electrons. The fraction of sp³-hybridized carbons (Fsp3) is 0.625. The van der Waals surface area contributed by atoms with E-state index < -0.39 is 12.3 Å². The lowest BCUT2D eigenvalue weighted by Crippen LogP contribution is -2.52. The van der Waals surface area contributed by atoms with Crippen LogP contribution in [0.3, 0.4) is 0 Å². The maximum atomic E-state index is 11.9. The second-order valence-corrected chi connectivity index (χ2v) is 2.68. The molecular weight excluding hydrogens is 164 g/mol. The summed E-state index contributed by atoms with van der Waals surface area (Å²) in [7, 11) is 0. The third-order valence-corrected chi connectivity index (χ3v) is 1.79. The van der Waals surface area contributed by atoms with E-state index in [1.54, 1.807) is 6.92 Å². The molecule has 4 heteroatoms. The van der Waals surface area contributed by atoms with Crippen molar-refractivity contribution < 1.29 is 13.6 Å². The first-order valence-electron chi connectivity index (χ1n) is 3.65. The number of halogens is 2. The highest BCUT2D eigenvalue weighted by Gasteiger charge is 2.35. The minimum Gasteiger partial charge on any atom is -0.331 e. The number of nitrogens with zero attached hydrogens (tertiary/aromatic N) is 1. The Morgan fingerprint density at radius 3 is 2.58 bits per heavy atom. The molecule has 0 spiro atoms. The number of carbonyl (C=O) groups excluding carboxylic acids is 1. The lowest BCUT2D eigenvalue weighted by atomic mass is 10.0. The molecular formula is C8H9F2NO. The van der Waals surface area contributed by atoms with Crippen molar-refractivity contribution in [3.8, 4) is 11.8 Å². The topological polar surface area (TPSA) is 20.3 Å². The largest absolute Gasteiger partial charge is 0.331 e. The van der Waals surface area contributed by atoms with E-state index in [0.717, 1.165) is 0 Å². The molecule has 1 rings (SSSR count). The molecule has 1 saturated heterocycles. The van der Waals surface area contributed by atoms with Crippen LogP contribution in [0.15, 0.2) is 0 Å². The summed E-state index contributed by atoms with van der Waals surface area (Å²) < 4.78 is 23.9. The van der Waals surface area contributed by atoms with Gasteiger partial charge in [0.1, 0.15) is 0 Å². The lowest BCUT2D eigenvalue weighted by molar-refractivity contribution is -0.135. The number of hydrogen-bond donors (Lipinski definition) is 0. The number of hydrogen-bond acceptors (Lipinski definition) is 1. The molecule has 0 radical (unpaired) electrons. The summed E-state index contributed by atoms with van der Waals surface area (Å²) in [6.07, 6.45) is -2.32. The van der Waals surface area contributed by atoms with Crippen molar-refractivity contribution in [2.24, 2.45) is 5.92 Å². The summed E-state index contributed by atoms with van der Waals surface area (Å²) in [6.45, 7) is 1.83. The van der Waals surface area contributed by atoms with E-state index >= 15 is 0 Å². The second kappa shape index (κ2) is 3.53. The first kappa shape index (κ1) is 8.98. The van der Waals surface area contributed by atoms with Crippen molar-refractivity contribution in [3.63, 3.8) is 0 Å². The van der Waals surface area contributed by atoms with Gasteiger partial charge in [-0.25, -0.2) is 8.78 Å². The summed E-state index contributed by atoms with van der Waals surface area (Å²) in [6, 6.07) is 0. The molecule has 0 unspecified atom stereocenters. The normalized spacial score (nSPS) is 16.8. The van der Waals surface area contributed by atoms with Crippen molar-refractivity contribution in [3.05, 3.63) is 0 Å². The SMILES string of the molecule is CC#CC(=O)N1CC(C(F)F)C1. The van der Waals surface area contributed by atoms with E-state index in [0.29, 0.717) is 0 Å². The Kier molecular flexibility index (Phi) is 2.64. The number of amides is 1. The zero-order chi connectivity index (χ0) is 9.14. The van der Waals surface area contributed by atoms with Crippen LogP contribution in [0.25, 0.3) is 0 Å². The molecule has 2 nitrogen and oxygen atoms in total. The van der Waals surface area contributed by atoms with Gasteiger partial charge in [-0.05, 0) is 12.8 Å². The van der Waals surface area contributed by atoms with Crippen molar-refractivity contribution in [2.45, 2.75) is 13.3 Å². The first-order chi connectivity index (χ1) is 5.65. The molecule has 12 heavy (non-hydrogen) atoms. The van der Waals surface area contributed by atoms with Crippen LogP contribution in [0.1, 0.15) is 6.92 Å². The second-order valence-electron chi connectivity index (χ2n) is 2.68. The zero-order valence-electron chi connectivity index (χ0n) is 6.68. The summed E-state index contributed by atoms with van der Waals surface area (Å²) in [5, 5.41) is 0. The Morgan fingerprint density at radius 1 is 1.58 bits per heavy atom. The van der Waals surface area contributed by atoms with Crippen LogP contribution in [0, 0.1) is 17.8 Å². The van der Waals surface area contributed by atoms with Gasteiger partial charge >= 0.3 is 0 Å². The van der Waals surface area contributed by atoms with E-state index in [2.05, 4.69) is 11.8 Å². The Balaban J connectivity index is 2.33. The molecule has 0 N–H and O–H groups in total. The van der Waals surface area contributed by atoms with Crippen LogP contribution in [0.4, 0.5) is 8.78 Å². The average molecular weight is 173 g/mol. The van der Waals surface area contributed by atoms with Crippen molar-refractivity contribution in [2.75, 3.05) is 13.1 Å². The van der Waals surface area contributed by atoms with Gasteiger partial charge in [0, 0.05) is 13.1 Å². The Labute approximate surface area is 69.5 Å². The van der Waals surface area contributed by atoms with Gasteiger partial charge in [-0.15, -0.1) is 0 Å². The van der Waals surface area contributed by atoms with E-state index in [1.165, 1.54) is 4.90 Å². The standard InChI is InChI=1S/C8H9F2NO/c1-2-3-7(12)11-4-6(5-11)8(9)10/h6,8H,4-5H2,1H3. The van der Waals surface area contributed by atoms with Crippen LogP contribution in [0.2, 0.25) is 0 Å². The van der Waals surface area contributed by atoms with Crippen LogP contribution < -0.4 is 0 Å². The highest BCUT2D eigenvalue weighted by Crippen LogP contribution is 2.21. The van der Waals surface area contributed by atoms with Crippen LogP contribution >= 0.6 is 0 Å². The van der Waals surface area contributed by atoms with Gasteiger partial charge in [-0.2, -0.15) is 0 Å². The van der Waals surface area contributed by atoms with Gasteiger partial charge in [0.05, 0.1) is 5.92 Å². The van der Waals surface area contributed by atoms with Gasteiger partial charge < -0.3 is 4.90 Å². The minimum absolute atomic E-state index is 0.144. The molecule has 0 aliphatic carbocycles. The summed E-state index contributed by atoms with van der Waals surface area (Å²) in [5.41, 5.74) is 0. The molecule has 1 aliphatic rings. The van der Waals surface area contributed by atoms with E-state index in [9.17, 15) is 13.6 Å². The molecule has 0 saturated carbocycles. The summed E-state index contributed by atoms with van der Waals surface area (Å²) in [5.74, 6) is 3.73. The lowest BCUT2D eigenvalue weighted by Gasteiger charge is -2.37. The molecule has 0 aromatic rings. The molecule has 0 aromatic carbocycles. The quantitative estimate of drug-likeness (QED) is 0.535. The number of carbonyl (C=O) groups is 1. The third-order valence-electron chi connectivity index (χ3n) is 1.79. The van der Waals surface area contributed by atoms with Crippen LogP contribution in [-0.2, 0) is 4.79 Å². The number of alkyl halides is 2. The molecule has 1 aliphatic heterocycles. The van der Waals surface area contributed by atoms with E-state index in [4.69, 9.17) is 0 Å². The monoisotopic (exact) mass is 173 g/mol.